The minimum atomic E-state index is -1.00. The quantitative estimate of drug-likeness (QED) is 0.846. The summed E-state index contributed by atoms with van der Waals surface area (Å²) in [7, 11) is 0. The minimum Gasteiger partial charge on any atom is -0.300 e. The highest BCUT2D eigenvalue weighted by Gasteiger charge is 2.55. The number of carbonyl (C=O) groups is 1. The van der Waals surface area contributed by atoms with E-state index in [4.69, 9.17) is 5.41 Å². The van der Waals surface area contributed by atoms with Crippen LogP contribution in [-0.4, -0.2) is 16.6 Å². The van der Waals surface area contributed by atoms with Crippen LogP contribution in [0, 0.1) is 22.2 Å². The molecule has 1 heterocycles. The zero-order chi connectivity index (χ0) is 17.9. The molecule has 0 amide bonds. The first-order valence-corrected chi connectivity index (χ1v) is 9.30. The van der Waals surface area contributed by atoms with Crippen LogP contribution in [0.4, 0.5) is 0 Å². The molecule has 3 nitrogen and oxygen atoms in total. The van der Waals surface area contributed by atoms with E-state index in [0.29, 0.717) is 10.8 Å². The molecule has 2 aromatic carbocycles. The molecule has 2 aromatic rings. The third-order valence-electron chi connectivity index (χ3n) is 4.95. The first kappa shape index (κ1) is 17.4. The van der Waals surface area contributed by atoms with E-state index in [9.17, 15) is 10.1 Å². The van der Waals surface area contributed by atoms with Gasteiger partial charge in [0, 0.05) is 24.0 Å². The van der Waals surface area contributed by atoms with Gasteiger partial charge in [0.1, 0.15) is 11.2 Å². The second-order valence-corrected chi connectivity index (χ2v) is 7.48. The van der Waals surface area contributed by atoms with E-state index in [1.165, 1.54) is 11.8 Å². The van der Waals surface area contributed by atoms with Crippen molar-refractivity contribution in [2.75, 3.05) is 5.75 Å². The minimum absolute atomic E-state index is 0.0417. The van der Waals surface area contributed by atoms with Gasteiger partial charge in [-0.15, -0.1) is 11.8 Å². The Morgan fingerprint density at radius 1 is 1.24 bits per heavy atom. The van der Waals surface area contributed by atoms with Crippen LogP contribution < -0.4 is 0 Å². The monoisotopic (exact) mass is 348 g/mol. The summed E-state index contributed by atoms with van der Waals surface area (Å²) in [6.45, 7) is 1.56. The smallest absolute Gasteiger partial charge is 0.130 e. The van der Waals surface area contributed by atoms with Gasteiger partial charge in [-0.1, -0.05) is 60.7 Å². The van der Waals surface area contributed by atoms with E-state index in [1.54, 1.807) is 6.92 Å². The van der Waals surface area contributed by atoms with E-state index >= 15 is 0 Å². The number of nitrogens with one attached hydrogen (secondary N) is 1. The third kappa shape index (κ3) is 3.12. The van der Waals surface area contributed by atoms with E-state index in [1.807, 2.05) is 60.7 Å². The van der Waals surface area contributed by atoms with Crippen molar-refractivity contribution >= 4 is 22.6 Å². The van der Waals surface area contributed by atoms with Gasteiger partial charge < -0.3 is 4.79 Å². The zero-order valence-electron chi connectivity index (χ0n) is 14.1. The maximum Gasteiger partial charge on any atom is 0.130 e. The van der Waals surface area contributed by atoms with Crippen molar-refractivity contribution < 1.29 is 4.79 Å². The van der Waals surface area contributed by atoms with Crippen molar-refractivity contribution in [2.45, 2.75) is 25.2 Å². The summed E-state index contributed by atoms with van der Waals surface area (Å²) < 4.78 is 0. The number of nitriles is 1. The molecule has 1 saturated heterocycles. The number of ketones is 1. The summed E-state index contributed by atoms with van der Waals surface area (Å²) in [5.74, 6) is 0.321. The van der Waals surface area contributed by atoms with Gasteiger partial charge in [-0.05, 0) is 18.1 Å². The van der Waals surface area contributed by atoms with Crippen molar-refractivity contribution in [3.8, 4) is 6.07 Å². The molecule has 3 atom stereocenters. The Hall–Kier alpha value is -2.38. The van der Waals surface area contributed by atoms with Gasteiger partial charge in [0.25, 0.3) is 0 Å². The molecule has 25 heavy (non-hydrogen) atoms. The molecule has 3 rings (SSSR count). The van der Waals surface area contributed by atoms with Crippen molar-refractivity contribution in [3.63, 3.8) is 0 Å². The normalized spacial score (nSPS) is 23.8. The molecule has 126 valence electrons. The van der Waals surface area contributed by atoms with Gasteiger partial charge in [0.05, 0.1) is 11.1 Å². The number of hydrogen-bond donors (Lipinski definition) is 1. The summed E-state index contributed by atoms with van der Waals surface area (Å²) in [6, 6.07) is 22.1. The van der Waals surface area contributed by atoms with Crippen molar-refractivity contribution in [2.24, 2.45) is 5.41 Å². The number of hydrogen-bond acceptors (Lipinski definition) is 4. The summed E-state index contributed by atoms with van der Waals surface area (Å²) in [5, 5.41) is 19.2. The van der Waals surface area contributed by atoms with Crippen LogP contribution in [-0.2, 0) is 4.79 Å². The molecule has 0 aromatic heterocycles. The molecule has 1 fully saturated rings. The Bertz CT molecular complexity index is 813. The van der Waals surface area contributed by atoms with Gasteiger partial charge in [0.15, 0.2) is 0 Å². The topological polar surface area (TPSA) is 64.7 Å². The summed E-state index contributed by atoms with van der Waals surface area (Å²) in [6.07, 6.45) is 0.268. The summed E-state index contributed by atoms with van der Waals surface area (Å²) >= 11 is 1.43. The first-order chi connectivity index (χ1) is 12.1. The van der Waals surface area contributed by atoms with Gasteiger partial charge in [-0.3, -0.25) is 5.41 Å². The SMILES string of the molecule is CC(=O)CC(c1ccccc1)C1(C#N)C(=N)SCC1c1ccccc1. The Balaban J connectivity index is 2.16. The summed E-state index contributed by atoms with van der Waals surface area (Å²) in [4.78, 5) is 12.0. The molecule has 1 N–H and O–H groups in total. The van der Waals surface area contributed by atoms with E-state index < -0.39 is 5.41 Å². The molecule has 0 aliphatic carbocycles. The van der Waals surface area contributed by atoms with Gasteiger partial charge in [-0.2, -0.15) is 5.26 Å². The van der Waals surface area contributed by atoms with Crippen LogP contribution in [0.5, 0.6) is 0 Å². The van der Waals surface area contributed by atoms with Crippen LogP contribution in [0.1, 0.15) is 36.3 Å². The highest BCUT2D eigenvalue weighted by Crippen LogP contribution is 2.56. The number of Topliss-reactive ketones (excluding diaryl/α,β-unsaturated/α-hetero) is 1. The van der Waals surface area contributed by atoms with Crippen LogP contribution >= 0.6 is 11.8 Å². The van der Waals surface area contributed by atoms with E-state index in [2.05, 4.69) is 6.07 Å². The number of rotatable bonds is 5. The lowest BCUT2D eigenvalue weighted by molar-refractivity contribution is -0.117. The van der Waals surface area contributed by atoms with Gasteiger partial charge in [0.2, 0.25) is 0 Å². The molecule has 0 bridgehead atoms. The second-order valence-electron chi connectivity index (χ2n) is 6.45. The Morgan fingerprint density at radius 3 is 2.40 bits per heavy atom. The molecular weight excluding hydrogens is 328 g/mol. The highest BCUT2D eigenvalue weighted by molar-refractivity contribution is 8.14. The van der Waals surface area contributed by atoms with Crippen LogP contribution in [0.2, 0.25) is 0 Å². The van der Waals surface area contributed by atoms with E-state index in [-0.39, 0.29) is 24.0 Å². The molecule has 0 radical (unpaired) electrons. The zero-order valence-corrected chi connectivity index (χ0v) is 14.9. The molecule has 4 heteroatoms. The van der Waals surface area contributed by atoms with Gasteiger partial charge >= 0.3 is 0 Å². The van der Waals surface area contributed by atoms with Crippen molar-refractivity contribution in [1.29, 1.82) is 10.7 Å². The Labute approximate surface area is 152 Å². The fourth-order valence-corrected chi connectivity index (χ4v) is 5.10. The Morgan fingerprint density at radius 2 is 1.84 bits per heavy atom. The average Bonchev–Trinajstić information content (AvgIpc) is 2.98. The average molecular weight is 348 g/mol. The number of thioether (sulfide) groups is 1. The largest absolute Gasteiger partial charge is 0.300 e. The highest BCUT2D eigenvalue weighted by atomic mass is 32.2. The third-order valence-corrected chi connectivity index (χ3v) is 6.08. The molecule has 0 saturated carbocycles. The van der Waals surface area contributed by atoms with Crippen LogP contribution in [0.3, 0.4) is 0 Å². The maximum absolute atomic E-state index is 12.0. The lowest BCUT2D eigenvalue weighted by atomic mass is 9.63. The fraction of sp³-hybridized carbons (Fsp3) is 0.286. The predicted molar refractivity (Wildman–Crippen MR) is 102 cm³/mol. The number of benzene rings is 2. The molecule has 3 unspecified atom stereocenters. The Kier molecular flexibility index (Phi) is 5.06. The lowest BCUT2D eigenvalue weighted by Crippen LogP contribution is -2.37. The second kappa shape index (κ2) is 7.25. The van der Waals surface area contributed by atoms with Crippen LogP contribution in [0.15, 0.2) is 60.7 Å². The standard InChI is InChI=1S/C21H20N2OS/c1-15(24)12-18(16-8-4-2-5-9-16)21(14-22)19(13-25-20(21)23)17-10-6-3-7-11-17/h2-11,18-19,23H,12-13H2,1H3. The number of nitrogens with zero attached hydrogens (tertiary/aromatic N) is 1. The predicted octanol–water partition coefficient (Wildman–Crippen LogP) is 4.77. The summed E-state index contributed by atoms with van der Waals surface area (Å²) in [5.41, 5.74) is 1.01. The van der Waals surface area contributed by atoms with Crippen molar-refractivity contribution in [1.82, 2.24) is 0 Å². The molecular formula is C21H20N2OS. The van der Waals surface area contributed by atoms with E-state index in [0.717, 1.165) is 11.1 Å². The molecule has 1 aliphatic heterocycles. The van der Waals surface area contributed by atoms with Crippen LogP contribution in [0.25, 0.3) is 0 Å². The maximum atomic E-state index is 12.0. The van der Waals surface area contributed by atoms with Gasteiger partial charge in [-0.25, -0.2) is 0 Å². The first-order valence-electron chi connectivity index (χ1n) is 8.32. The molecule has 1 aliphatic rings. The fourth-order valence-electron chi connectivity index (χ4n) is 3.74. The van der Waals surface area contributed by atoms with Crippen molar-refractivity contribution in [3.05, 3.63) is 71.8 Å². The molecule has 0 spiro atoms. The number of carbonyl (C=O) groups excluding carboxylic acids is 1. The lowest BCUT2D eigenvalue weighted by Gasteiger charge is -2.36.